The van der Waals surface area contributed by atoms with Crippen molar-refractivity contribution >= 4 is 11.6 Å². The molecule has 0 radical (unpaired) electrons. The lowest BCUT2D eigenvalue weighted by Gasteiger charge is -2.24. The second-order valence-electron chi connectivity index (χ2n) is 5.23. The second-order valence-corrected chi connectivity index (χ2v) is 5.23. The van der Waals surface area contributed by atoms with Gasteiger partial charge in [0.05, 0.1) is 0 Å². The van der Waals surface area contributed by atoms with E-state index < -0.39 is 0 Å². The lowest BCUT2D eigenvalue weighted by molar-refractivity contribution is 0.381. The number of anilines is 2. The van der Waals surface area contributed by atoms with Crippen LogP contribution in [0.25, 0.3) is 0 Å². The maximum atomic E-state index is 8.52. The molecule has 0 unspecified atom stereocenters. The first-order valence-electron chi connectivity index (χ1n) is 5.61. The highest BCUT2D eigenvalue weighted by molar-refractivity contribution is 5.49. The predicted octanol–water partition coefficient (Wildman–Crippen LogP) is 2.24. The van der Waals surface area contributed by atoms with Gasteiger partial charge in [0.15, 0.2) is 6.19 Å². The Balaban J connectivity index is 2.66. The molecule has 5 nitrogen and oxygen atoms in total. The van der Waals surface area contributed by atoms with E-state index in [0.717, 1.165) is 18.8 Å². The maximum Gasteiger partial charge on any atom is 0.182 e. The molecule has 0 saturated heterocycles. The van der Waals surface area contributed by atoms with Crippen LogP contribution < -0.4 is 10.2 Å². The molecule has 0 saturated carbocycles. The highest BCUT2D eigenvalue weighted by atomic mass is 15.2. The molecule has 0 aliphatic heterocycles. The number of nitriles is 1. The van der Waals surface area contributed by atoms with Crippen molar-refractivity contribution in [1.82, 2.24) is 9.97 Å². The Bertz CT molecular complexity index is 402. The van der Waals surface area contributed by atoms with E-state index in [4.69, 9.17) is 5.26 Å². The molecule has 1 heterocycles. The van der Waals surface area contributed by atoms with Gasteiger partial charge in [-0.1, -0.05) is 20.8 Å². The van der Waals surface area contributed by atoms with Crippen LogP contribution >= 0.6 is 0 Å². The van der Waals surface area contributed by atoms with Crippen LogP contribution in [0, 0.1) is 16.9 Å². The Morgan fingerprint density at radius 3 is 2.71 bits per heavy atom. The van der Waals surface area contributed by atoms with Crippen molar-refractivity contribution < 1.29 is 0 Å². The number of hydrogen-bond donors (Lipinski definition) is 1. The third-order valence-corrected chi connectivity index (χ3v) is 2.42. The summed E-state index contributed by atoms with van der Waals surface area (Å²) in [5.74, 6) is 1.35. The van der Waals surface area contributed by atoms with E-state index >= 15 is 0 Å². The van der Waals surface area contributed by atoms with Gasteiger partial charge >= 0.3 is 0 Å². The van der Waals surface area contributed by atoms with Crippen molar-refractivity contribution in [3.8, 4) is 6.19 Å². The summed E-state index contributed by atoms with van der Waals surface area (Å²) in [6.45, 7) is 7.56. The van der Waals surface area contributed by atoms with E-state index in [2.05, 4.69) is 41.0 Å². The molecule has 0 spiro atoms. The summed E-state index contributed by atoms with van der Waals surface area (Å²) in [5, 5.41) is 11.0. The lowest BCUT2D eigenvalue weighted by Crippen LogP contribution is -2.24. The molecule has 0 aliphatic rings. The van der Waals surface area contributed by atoms with Gasteiger partial charge in [-0.3, -0.25) is 5.32 Å². The predicted molar refractivity (Wildman–Crippen MR) is 68.6 cm³/mol. The summed E-state index contributed by atoms with van der Waals surface area (Å²) < 4.78 is 0. The molecular weight excluding hydrogens is 214 g/mol. The van der Waals surface area contributed by atoms with Gasteiger partial charge < -0.3 is 4.90 Å². The molecule has 0 fully saturated rings. The van der Waals surface area contributed by atoms with Crippen LogP contribution in [0.4, 0.5) is 11.6 Å². The van der Waals surface area contributed by atoms with Crippen molar-refractivity contribution in [2.45, 2.75) is 27.2 Å². The molecule has 5 heteroatoms. The van der Waals surface area contributed by atoms with Crippen molar-refractivity contribution in [2.24, 2.45) is 5.41 Å². The summed E-state index contributed by atoms with van der Waals surface area (Å²) in [4.78, 5) is 10.2. The first-order valence-corrected chi connectivity index (χ1v) is 5.61. The Kier molecular flexibility index (Phi) is 4.27. The smallest absolute Gasteiger partial charge is 0.182 e. The van der Waals surface area contributed by atoms with Crippen LogP contribution in [0.1, 0.15) is 27.2 Å². The first kappa shape index (κ1) is 13.2. The van der Waals surface area contributed by atoms with Crippen molar-refractivity contribution in [1.29, 1.82) is 5.26 Å². The fourth-order valence-corrected chi connectivity index (χ4v) is 1.30. The highest BCUT2D eigenvalue weighted by Gasteiger charge is 2.12. The average Bonchev–Trinajstić information content (AvgIpc) is 2.26. The second kappa shape index (κ2) is 5.48. The first-order chi connectivity index (χ1) is 7.92. The normalized spacial score (nSPS) is 10.8. The SMILES string of the molecule is CN(CCC(C)(C)C)c1cc(NC#N)ncn1. The number of rotatable bonds is 4. The molecule has 0 aliphatic carbocycles. The number of hydrogen-bond acceptors (Lipinski definition) is 5. The quantitative estimate of drug-likeness (QED) is 0.638. The molecule has 1 aromatic heterocycles. The van der Waals surface area contributed by atoms with E-state index in [0.29, 0.717) is 11.2 Å². The minimum Gasteiger partial charge on any atom is -0.359 e. The summed E-state index contributed by atoms with van der Waals surface area (Å²) >= 11 is 0. The summed E-state index contributed by atoms with van der Waals surface area (Å²) in [5.41, 5.74) is 0.301. The minimum absolute atomic E-state index is 0.301. The van der Waals surface area contributed by atoms with Crippen LogP contribution in [0.5, 0.6) is 0 Å². The fourth-order valence-electron chi connectivity index (χ4n) is 1.30. The minimum atomic E-state index is 0.301. The van der Waals surface area contributed by atoms with Gasteiger partial charge in [-0.15, -0.1) is 0 Å². The zero-order valence-corrected chi connectivity index (χ0v) is 10.9. The molecule has 1 rings (SSSR count). The van der Waals surface area contributed by atoms with E-state index in [1.54, 1.807) is 6.07 Å². The van der Waals surface area contributed by atoms with Gasteiger partial charge in [-0.25, -0.2) is 9.97 Å². The number of aromatic nitrogens is 2. The molecule has 0 atom stereocenters. The summed E-state index contributed by atoms with van der Waals surface area (Å²) in [6.07, 6.45) is 4.39. The van der Waals surface area contributed by atoms with Gasteiger partial charge in [0, 0.05) is 19.7 Å². The molecule has 0 bridgehead atoms. The largest absolute Gasteiger partial charge is 0.359 e. The highest BCUT2D eigenvalue weighted by Crippen LogP contribution is 2.20. The number of nitrogens with one attached hydrogen (secondary N) is 1. The van der Waals surface area contributed by atoms with E-state index in [-0.39, 0.29) is 0 Å². The lowest BCUT2D eigenvalue weighted by atomic mass is 9.92. The van der Waals surface area contributed by atoms with Gasteiger partial charge in [-0.2, -0.15) is 5.26 Å². The maximum absolute atomic E-state index is 8.52. The molecular formula is C12H19N5. The number of nitrogens with zero attached hydrogens (tertiary/aromatic N) is 4. The van der Waals surface area contributed by atoms with Crippen LogP contribution in [-0.4, -0.2) is 23.6 Å². The van der Waals surface area contributed by atoms with Gasteiger partial charge in [0.1, 0.15) is 18.0 Å². The Morgan fingerprint density at radius 1 is 1.41 bits per heavy atom. The van der Waals surface area contributed by atoms with Crippen LogP contribution in [-0.2, 0) is 0 Å². The third-order valence-electron chi connectivity index (χ3n) is 2.42. The topological polar surface area (TPSA) is 64.8 Å². The van der Waals surface area contributed by atoms with Crippen molar-refractivity contribution in [3.05, 3.63) is 12.4 Å². The summed E-state index contributed by atoms with van der Waals surface area (Å²) in [7, 11) is 1.99. The Hall–Kier alpha value is -1.83. The molecule has 1 aromatic rings. The standard InChI is InChI=1S/C12H19N5/c1-12(2,3)5-6-17(4)11-7-10(14-8-13)15-9-16-11/h7,9H,5-6H2,1-4H3,(H,14,15,16). The molecule has 1 N–H and O–H groups in total. The van der Waals surface area contributed by atoms with Crippen molar-refractivity contribution in [2.75, 3.05) is 23.8 Å². The Morgan fingerprint density at radius 2 is 2.12 bits per heavy atom. The van der Waals surface area contributed by atoms with Gasteiger partial charge in [0.25, 0.3) is 0 Å². The zero-order valence-electron chi connectivity index (χ0n) is 10.9. The molecule has 0 amide bonds. The Labute approximate surface area is 102 Å². The average molecular weight is 233 g/mol. The third kappa shape index (κ3) is 4.68. The molecule has 17 heavy (non-hydrogen) atoms. The van der Waals surface area contributed by atoms with E-state index in [9.17, 15) is 0 Å². The molecule has 0 aromatic carbocycles. The molecule has 92 valence electrons. The van der Waals surface area contributed by atoms with E-state index in [1.807, 2.05) is 13.2 Å². The van der Waals surface area contributed by atoms with Crippen LogP contribution in [0.2, 0.25) is 0 Å². The summed E-state index contributed by atoms with van der Waals surface area (Å²) in [6, 6.07) is 1.77. The van der Waals surface area contributed by atoms with Crippen LogP contribution in [0.3, 0.4) is 0 Å². The fraction of sp³-hybridized carbons (Fsp3) is 0.583. The zero-order chi connectivity index (χ0) is 12.9. The van der Waals surface area contributed by atoms with Crippen LogP contribution in [0.15, 0.2) is 12.4 Å². The van der Waals surface area contributed by atoms with E-state index in [1.165, 1.54) is 6.33 Å². The van der Waals surface area contributed by atoms with Crippen molar-refractivity contribution in [3.63, 3.8) is 0 Å². The van der Waals surface area contributed by atoms with Gasteiger partial charge in [0.2, 0.25) is 0 Å². The van der Waals surface area contributed by atoms with Gasteiger partial charge in [-0.05, 0) is 11.8 Å². The monoisotopic (exact) mass is 233 g/mol.